The fourth-order valence-corrected chi connectivity index (χ4v) is 5.58. The summed E-state index contributed by atoms with van der Waals surface area (Å²) in [4.78, 5) is 21.0. The molecule has 40 heavy (non-hydrogen) atoms. The molecular formula is C34H32N2O3S. The Balaban J connectivity index is 1.44. The number of thioether (sulfide) groups is 1. The smallest absolute Gasteiger partial charge is 0.267 e. The molecule has 0 N–H and O–H groups in total. The maximum Gasteiger partial charge on any atom is 0.267 e. The number of hydrogen-bond acceptors (Lipinski definition) is 5. The Morgan fingerprint density at radius 2 is 1.62 bits per heavy atom. The molecule has 1 aliphatic rings. The molecule has 202 valence electrons. The standard InChI is InChI=1S/C34H32N2O3S/c1-4-38-31-21-26(18-19-30(31)39-23-27-13-11-12-24(2)20-27)22-32-33(37)36(25(3)28-14-7-5-8-15-28)34(40-32)35-29-16-9-6-10-17-29/h5-22,25H,4,23H2,1-3H3/b32-22+,35-34?/t25-/m0/s1. The first kappa shape index (κ1) is 27.3. The molecule has 5 nitrogen and oxygen atoms in total. The zero-order chi connectivity index (χ0) is 27.9. The lowest BCUT2D eigenvalue weighted by molar-refractivity contribution is -0.123. The Bertz CT molecular complexity index is 1530. The quantitative estimate of drug-likeness (QED) is 0.197. The molecule has 1 heterocycles. The summed E-state index contributed by atoms with van der Waals surface area (Å²) >= 11 is 1.39. The van der Waals surface area contributed by atoms with Gasteiger partial charge in [-0.15, -0.1) is 0 Å². The van der Waals surface area contributed by atoms with E-state index in [0.717, 1.165) is 22.4 Å². The molecule has 1 atom stereocenters. The number of nitrogens with zero attached hydrogens (tertiary/aromatic N) is 2. The van der Waals surface area contributed by atoms with E-state index in [2.05, 4.69) is 19.1 Å². The van der Waals surface area contributed by atoms with Crippen molar-refractivity contribution in [1.29, 1.82) is 0 Å². The fraction of sp³-hybridized carbons (Fsp3) is 0.176. The van der Waals surface area contributed by atoms with Gasteiger partial charge in [-0.05, 0) is 79.6 Å². The van der Waals surface area contributed by atoms with Gasteiger partial charge in [0, 0.05) is 0 Å². The Kier molecular flexibility index (Phi) is 8.67. The van der Waals surface area contributed by atoms with Gasteiger partial charge < -0.3 is 9.47 Å². The molecule has 0 aliphatic carbocycles. The zero-order valence-corrected chi connectivity index (χ0v) is 23.7. The lowest BCUT2D eigenvalue weighted by atomic mass is 10.1. The zero-order valence-electron chi connectivity index (χ0n) is 22.9. The van der Waals surface area contributed by atoms with Gasteiger partial charge in [0.15, 0.2) is 16.7 Å². The largest absolute Gasteiger partial charge is 0.490 e. The maximum atomic E-state index is 13.8. The Morgan fingerprint density at radius 3 is 2.35 bits per heavy atom. The van der Waals surface area contributed by atoms with Crippen LogP contribution in [0.5, 0.6) is 11.5 Å². The van der Waals surface area contributed by atoms with E-state index in [1.807, 2.05) is 111 Å². The normalized spacial score (nSPS) is 16.0. The van der Waals surface area contributed by atoms with Crippen molar-refractivity contribution in [2.45, 2.75) is 33.4 Å². The molecule has 4 aromatic carbocycles. The van der Waals surface area contributed by atoms with E-state index >= 15 is 0 Å². The topological polar surface area (TPSA) is 51.1 Å². The monoisotopic (exact) mass is 548 g/mol. The van der Waals surface area contributed by atoms with Crippen LogP contribution in [0.2, 0.25) is 0 Å². The van der Waals surface area contributed by atoms with Crippen LogP contribution in [0.15, 0.2) is 113 Å². The average molecular weight is 549 g/mol. The lowest BCUT2D eigenvalue weighted by Crippen LogP contribution is -2.32. The van der Waals surface area contributed by atoms with Crippen LogP contribution in [-0.4, -0.2) is 22.6 Å². The van der Waals surface area contributed by atoms with Crippen LogP contribution in [0.25, 0.3) is 6.08 Å². The Hall–Kier alpha value is -4.29. The highest BCUT2D eigenvalue weighted by Gasteiger charge is 2.37. The van der Waals surface area contributed by atoms with Gasteiger partial charge in [0.25, 0.3) is 5.91 Å². The Labute approximate surface area is 240 Å². The van der Waals surface area contributed by atoms with Crippen LogP contribution in [0.4, 0.5) is 5.69 Å². The minimum absolute atomic E-state index is 0.0752. The maximum absolute atomic E-state index is 13.8. The van der Waals surface area contributed by atoms with E-state index in [0.29, 0.717) is 34.8 Å². The predicted octanol–water partition coefficient (Wildman–Crippen LogP) is 8.34. The summed E-state index contributed by atoms with van der Waals surface area (Å²) < 4.78 is 12.0. The SMILES string of the molecule is CCOc1cc(/C=C2/SC(=Nc3ccccc3)N([C@@H](C)c3ccccc3)C2=O)ccc1OCc1cccc(C)c1. The summed E-state index contributed by atoms with van der Waals surface area (Å²) in [5.41, 5.74) is 5.00. The van der Waals surface area contributed by atoms with Crippen LogP contribution >= 0.6 is 11.8 Å². The number of ether oxygens (including phenoxy) is 2. The number of carbonyl (C=O) groups excluding carboxylic acids is 1. The van der Waals surface area contributed by atoms with Crippen LogP contribution in [0.1, 0.15) is 42.1 Å². The van der Waals surface area contributed by atoms with Gasteiger partial charge in [-0.3, -0.25) is 9.69 Å². The summed E-state index contributed by atoms with van der Waals surface area (Å²) in [5.74, 6) is 1.24. The first-order valence-electron chi connectivity index (χ1n) is 13.4. The first-order valence-corrected chi connectivity index (χ1v) is 14.2. The van der Waals surface area contributed by atoms with Crippen LogP contribution in [0.3, 0.4) is 0 Å². The van der Waals surface area contributed by atoms with Crippen molar-refractivity contribution in [2.24, 2.45) is 4.99 Å². The second kappa shape index (κ2) is 12.7. The molecule has 0 spiro atoms. The molecule has 0 bridgehead atoms. The molecule has 0 saturated carbocycles. The van der Waals surface area contributed by atoms with Crippen molar-refractivity contribution in [3.8, 4) is 11.5 Å². The lowest BCUT2D eigenvalue weighted by Gasteiger charge is -2.24. The van der Waals surface area contributed by atoms with Crippen LogP contribution in [0, 0.1) is 6.92 Å². The van der Waals surface area contributed by atoms with Gasteiger partial charge in [0.2, 0.25) is 0 Å². The van der Waals surface area contributed by atoms with Crippen molar-refractivity contribution in [2.75, 3.05) is 6.61 Å². The highest BCUT2D eigenvalue weighted by molar-refractivity contribution is 8.18. The molecule has 1 fully saturated rings. The van der Waals surface area contributed by atoms with E-state index < -0.39 is 0 Å². The summed E-state index contributed by atoms with van der Waals surface area (Å²) in [6, 6.07) is 33.6. The summed E-state index contributed by atoms with van der Waals surface area (Å²) in [6.45, 7) is 7.00. The molecule has 0 unspecified atom stereocenters. The van der Waals surface area contributed by atoms with Crippen LogP contribution < -0.4 is 9.47 Å². The van der Waals surface area contributed by atoms with Gasteiger partial charge in [-0.2, -0.15) is 0 Å². The van der Waals surface area contributed by atoms with E-state index in [1.165, 1.54) is 17.3 Å². The molecular weight excluding hydrogens is 516 g/mol. The molecule has 0 radical (unpaired) electrons. The molecule has 4 aromatic rings. The van der Waals surface area contributed by atoms with Gasteiger partial charge in [0.05, 0.1) is 23.2 Å². The summed E-state index contributed by atoms with van der Waals surface area (Å²) in [5, 5.41) is 0.655. The van der Waals surface area contributed by atoms with Gasteiger partial charge in [-0.1, -0.05) is 84.4 Å². The van der Waals surface area contributed by atoms with Gasteiger partial charge in [-0.25, -0.2) is 4.99 Å². The van der Waals surface area contributed by atoms with Gasteiger partial charge in [0.1, 0.15) is 6.61 Å². The minimum atomic E-state index is -0.175. The number of carbonyl (C=O) groups is 1. The van der Waals surface area contributed by atoms with Crippen molar-refractivity contribution >= 4 is 34.6 Å². The number of amidine groups is 1. The average Bonchev–Trinajstić information content (AvgIpc) is 3.27. The molecule has 6 heteroatoms. The third-order valence-corrected chi connectivity index (χ3v) is 7.51. The van der Waals surface area contributed by atoms with Gasteiger partial charge >= 0.3 is 0 Å². The molecule has 5 rings (SSSR count). The number of amides is 1. The van der Waals surface area contributed by atoms with Crippen LogP contribution in [-0.2, 0) is 11.4 Å². The molecule has 0 aromatic heterocycles. The van der Waals surface area contributed by atoms with Crippen molar-refractivity contribution in [3.63, 3.8) is 0 Å². The third-order valence-electron chi connectivity index (χ3n) is 6.53. The number of aliphatic imine (C=N–C) groups is 1. The second-order valence-electron chi connectivity index (χ2n) is 9.52. The third kappa shape index (κ3) is 6.46. The number of para-hydroxylation sites is 1. The second-order valence-corrected chi connectivity index (χ2v) is 10.5. The van der Waals surface area contributed by atoms with E-state index in [-0.39, 0.29) is 11.9 Å². The number of hydrogen-bond donors (Lipinski definition) is 0. The van der Waals surface area contributed by atoms with E-state index in [1.54, 1.807) is 4.90 Å². The van der Waals surface area contributed by atoms with Crippen molar-refractivity contribution < 1.29 is 14.3 Å². The number of benzene rings is 4. The molecule has 1 amide bonds. The predicted molar refractivity (Wildman–Crippen MR) is 164 cm³/mol. The Morgan fingerprint density at radius 1 is 0.875 bits per heavy atom. The molecule has 1 aliphatic heterocycles. The number of aryl methyl sites for hydroxylation is 1. The first-order chi connectivity index (χ1) is 19.5. The minimum Gasteiger partial charge on any atom is -0.490 e. The van der Waals surface area contributed by atoms with E-state index in [9.17, 15) is 4.79 Å². The van der Waals surface area contributed by atoms with E-state index in [4.69, 9.17) is 14.5 Å². The summed E-state index contributed by atoms with van der Waals surface area (Å²) in [7, 11) is 0. The van der Waals surface area contributed by atoms with Crippen molar-refractivity contribution in [3.05, 3.63) is 130 Å². The molecule has 1 saturated heterocycles. The highest BCUT2D eigenvalue weighted by Crippen LogP contribution is 2.40. The summed E-state index contributed by atoms with van der Waals surface area (Å²) in [6.07, 6.45) is 1.90. The fourth-order valence-electron chi connectivity index (χ4n) is 4.52. The number of rotatable bonds is 9. The highest BCUT2D eigenvalue weighted by atomic mass is 32.2. The van der Waals surface area contributed by atoms with Crippen molar-refractivity contribution in [1.82, 2.24) is 4.90 Å².